The molecule has 0 N–H and O–H groups in total. The van der Waals surface area contributed by atoms with E-state index in [-0.39, 0.29) is 0 Å². The molecule has 4 rings (SSSR count). The molecule has 1 aromatic carbocycles. The number of nitrogens with zero attached hydrogens (tertiary/aromatic N) is 2. The van der Waals surface area contributed by atoms with Crippen LogP contribution in [0.15, 0.2) is 35.3 Å². The lowest BCUT2D eigenvalue weighted by atomic mass is 10.1. The van der Waals surface area contributed by atoms with Gasteiger partial charge in [0, 0.05) is 25.6 Å². The van der Waals surface area contributed by atoms with Crippen LogP contribution in [0.5, 0.6) is 5.75 Å². The summed E-state index contributed by atoms with van der Waals surface area (Å²) in [5.74, 6) is 1.06. The van der Waals surface area contributed by atoms with Crippen molar-refractivity contribution in [1.29, 1.82) is 0 Å². The summed E-state index contributed by atoms with van der Waals surface area (Å²) in [6.07, 6.45) is 9.61. The summed E-state index contributed by atoms with van der Waals surface area (Å²) in [5, 5.41) is 0. The largest absolute Gasteiger partial charge is 0.493 e. The lowest BCUT2D eigenvalue weighted by Crippen LogP contribution is -2.32. The molecule has 0 spiro atoms. The average molecular weight is 298 g/mol. The Bertz CT molecular complexity index is 618. The van der Waals surface area contributed by atoms with Gasteiger partial charge in [0.1, 0.15) is 12.0 Å². The number of aromatic nitrogens is 1. The number of ether oxygens (including phenoxy) is 1. The van der Waals surface area contributed by atoms with Gasteiger partial charge < -0.3 is 9.15 Å². The fourth-order valence-electron chi connectivity index (χ4n) is 3.68. The van der Waals surface area contributed by atoms with Crippen LogP contribution in [-0.2, 0) is 19.5 Å². The zero-order valence-corrected chi connectivity index (χ0v) is 12.8. The first kappa shape index (κ1) is 13.8. The van der Waals surface area contributed by atoms with E-state index in [0.29, 0.717) is 6.04 Å². The topological polar surface area (TPSA) is 38.5 Å². The highest BCUT2D eigenvalue weighted by atomic mass is 16.5. The first-order chi connectivity index (χ1) is 10.9. The van der Waals surface area contributed by atoms with Gasteiger partial charge in [-0.1, -0.05) is 25.0 Å². The van der Waals surface area contributed by atoms with Gasteiger partial charge >= 0.3 is 0 Å². The van der Waals surface area contributed by atoms with Crippen molar-refractivity contribution in [3.63, 3.8) is 0 Å². The van der Waals surface area contributed by atoms with Crippen LogP contribution in [0, 0.1) is 0 Å². The van der Waals surface area contributed by atoms with Crippen LogP contribution in [-0.4, -0.2) is 22.5 Å². The third-order valence-corrected chi connectivity index (χ3v) is 4.83. The molecule has 0 atom stereocenters. The lowest BCUT2D eigenvalue weighted by Gasteiger charge is -2.28. The third kappa shape index (κ3) is 2.88. The van der Waals surface area contributed by atoms with Gasteiger partial charge in [0.15, 0.2) is 6.39 Å². The minimum atomic E-state index is 0.668. The second kappa shape index (κ2) is 6.13. The van der Waals surface area contributed by atoms with Crippen molar-refractivity contribution >= 4 is 0 Å². The first-order valence-electron chi connectivity index (χ1n) is 8.24. The third-order valence-electron chi connectivity index (χ3n) is 4.83. The van der Waals surface area contributed by atoms with Gasteiger partial charge in [-0.15, -0.1) is 0 Å². The zero-order chi connectivity index (χ0) is 14.8. The summed E-state index contributed by atoms with van der Waals surface area (Å²) < 4.78 is 10.7. The molecule has 116 valence electrons. The fourth-order valence-corrected chi connectivity index (χ4v) is 3.68. The molecule has 2 heterocycles. The highest BCUT2D eigenvalue weighted by Crippen LogP contribution is 2.29. The standard InChI is InChI=1S/C18H22N2O2/c1-2-4-17(3-1)20(11-16-12-21-13-19-16)10-14-5-6-18-15(9-14)7-8-22-18/h5-6,9,12-13,17H,1-4,7-8,10-11H2. The number of fused-ring (bicyclic) bond motifs is 1. The van der Waals surface area contributed by atoms with Crippen LogP contribution in [0.4, 0.5) is 0 Å². The molecule has 0 unspecified atom stereocenters. The van der Waals surface area contributed by atoms with E-state index in [9.17, 15) is 0 Å². The molecule has 4 heteroatoms. The molecule has 0 radical (unpaired) electrons. The number of oxazole rings is 1. The second-order valence-corrected chi connectivity index (χ2v) is 6.36. The van der Waals surface area contributed by atoms with Gasteiger partial charge in [-0.25, -0.2) is 4.98 Å². The van der Waals surface area contributed by atoms with E-state index < -0.39 is 0 Å². The average Bonchev–Trinajstić information content (AvgIpc) is 3.28. The van der Waals surface area contributed by atoms with E-state index in [1.54, 1.807) is 6.26 Å². The smallest absolute Gasteiger partial charge is 0.180 e. The molecule has 1 aliphatic heterocycles. The van der Waals surface area contributed by atoms with Crippen molar-refractivity contribution in [1.82, 2.24) is 9.88 Å². The predicted octanol–water partition coefficient (Wildman–Crippen LogP) is 3.55. The van der Waals surface area contributed by atoms with Crippen molar-refractivity contribution in [3.05, 3.63) is 47.7 Å². The van der Waals surface area contributed by atoms with Crippen molar-refractivity contribution in [2.24, 2.45) is 0 Å². The van der Waals surface area contributed by atoms with Crippen molar-refractivity contribution < 1.29 is 9.15 Å². The molecule has 22 heavy (non-hydrogen) atoms. The van der Waals surface area contributed by atoms with Gasteiger partial charge in [0.05, 0.1) is 12.3 Å². The van der Waals surface area contributed by atoms with Crippen molar-refractivity contribution in [2.45, 2.75) is 51.2 Å². The van der Waals surface area contributed by atoms with E-state index >= 15 is 0 Å². The molecular formula is C18H22N2O2. The van der Waals surface area contributed by atoms with Crippen LogP contribution in [0.1, 0.15) is 42.5 Å². The fraction of sp³-hybridized carbons (Fsp3) is 0.500. The highest BCUT2D eigenvalue weighted by Gasteiger charge is 2.24. The van der Waals surface area contributed by atoms with Crippen LogP contribution in [0.25, 0.3) is 0 Å². The summed E-state index contributed by atoms with van der Waals surface area (Å²) in [7, 11) is 0. The van der Waals surface area contributed by atoms with Gasteiger partial charge in [-0.3, -0.25) is 4.90 Å². The Morgan fingerprint density at radius 2 is 2.09 bits per heavy atom. The number of benzene rings is 1. The molecule has 1 fully saturated rings. The molecule has 2 aromatic rings. The first-order valence-corrected chi connectivity index (χ1v) is 8.24. The second-order valence-electron chi connectivity index (χ2n) is 6.36. The van der Waals surface area contributed by atoms with E-state index in [0.717, 1.165) is 37.6 Å². The Labute approximate surface area is 131 Å². The molecule has 0 saturated heterocycles. The molecule has 1 aliphatic carbocycles. The molecular weight excluding hydrogens is 276 g/mol. The monoisotopic (exact) mass is 298 g/mol. The molecule has 2 aliphatic rings. The Morgan fingerprint density at radius 1 is 1.18 bits per heavy atom. The predicted molar refractivity (Wildman–Crippen MR) is 83.6 cm³/mol. The van der Waals surface area contributed by atoms with E-state index in [1.165, 1.54) is 43.2 Å². The Morgan fingerprint density at radius 3 is 2.91 bits per heavy atom. The van der Waals surface area contributed by atoms with Crippen molar-refractivity contribution in [2.75, 3.05) is 6.61 Å². The van der Waals surface area contributed by atoms with E-state index in [2.05, 4.69) is 28.1 Å². The highest BCUT2D eigenvalue weighted by molar-refractivity contribution is 5.39. The molecule has 1 saturated carbocycles. The summed E-state index contributed by atoms with van der Waals surface area (Å²) >= 11 is 0. The maximum Gasteiger partial charge on any atom is 0.180 e. The molecule has 0 bridgehead atoms. The lowest BCUT2D eigenvalue weighted by molar-refractivity contribution is 0.178. The number of hydrogen-bond acceptors (Lipinski definition) is 4. The van der Waals surface area contributed by atoms with E-state index in [1.807, 2.05) is 0 Å². The van der Waals surface area contributed by atoms with Crippen LogP contribution >= 0.6 is 0 Å². The zero-order valence-electron chi connectivity index (χ0n) is 12.8. The minimum absolute atomic E-state index is 0.668. The maximum atomic E-state index is 5.61. The summed E-state index contributed by atoms with van der Waals surface area (Å²) in [4.78, 5) is 6.86. The van der Waals surface area contributed by atoms with Gasteiger partial charge in [-0.2, -0.15) is 0 Å². The van der Waals surface area contributed by atoms with Crippen LogP contribution in [0.3, 0.4) is 0 Å². The van der Waals surface area contributed by atoms with Gasteiger partial charge in [-0.05, 0) is 30.0 Å². The van der Waals surface area contributed by atoms with Crippen LogP contribution < -0.4 is 4.74 Å². The summed E-state index contributed by atoms with van der Waals surface area (Å²) in [6, 6.07) is 7.31. The molecule has 1 aromatic heterocycles. The van der Waals surface area contributed by atoms with Gasteiger partial charge in [0.2, 0.25) is 0 Å². The number of rotatable bonds is 5. The Kier molecular flexibility index (Phi) is 3.85. The summed E-state index contributed by atoms with van der Waals surface area (Å²) in [6.45, 7) is 2.67. The van der Waals surface area contributed by atoms with Gasteiger partial charge in [0.25, 0.3) is 0 Å². The maximum absolute atomic E-state index is 5.61. The Balaban J connectivity index is 1.52. The summed E-state index contributed by atoms with van der Waals surface area (Å²) in [5.41, 5.74) is 3.75. The quantitative estimate of drug-likeness (QED) is 0.846. The van der Waals surface area contributed by atoms with E-state index in [4.69, 9.17) is 9.15 Å². The van der Waals surface area contributed by atoms with Crippen LogP contribution in [0.2, 0.25) is 0 Å². The minimum Gasteiger partial charge on any atom is -0.493 e. The normalized spacial score (nSPS) is 17.9. The Hall–Kier alpha value is -1.81. The SMILES string of the molecule is c1nc(CN(Cc2ccc3c(c2)CCO3)C2CCCC2)co1. The van der Waals surface area contributed by atoms with Crippen molar-refractivity contribution in [3.8, 4) is 5.75 Å². The molecule has 4 nitrogen and oxygen atoms in total. The number of hydrogen-bond donors (Lipinski definition) is 0. The molecule has 0 amide bonds.